The third kappa shape index (κ3) is 5.68. The van der Waals surface area contributed by atoms with Gasteiger partial charge in [0.15, 0.2) is 0 Å². The van der Waals surface area contributed by atoms with Crippen molar-refractivity contribution in [1.82, 2.24) is 10.2 Å². The highest BCUT2D eigenvalue weighted by Gasteiger charge is 2.18. The van der Waals surface area contributed by atoms with E-state index in [9.17, 15) is 9.59 Å². The first-order chi connectivity index (χ1) is 7.88. The third-order valence-electron chi connectivity index (χ3n) is 2.89. The zero-order chi connectivity index (χ0) is 12.9. The molecule has 1 fully saturated rings. The fourth-order valence-corrected chi connectivity index (χ4v) is 1.78. The van der Waals surface area contributed by atoms with Crippen molar-refractivity contribution in [1.29, 1.82) is 0 Å². The van der Waals surface area contributed by atoms with E-state index in [1.54, 1.807) is 4.90 Å². The average molecular weight is 241 g/mol. The van der Waals surface area contributed by atoms with Crippen LogP contribution in [-0.4, -0.2) is 41.9 Å². The Balaban J connectivity index is 2.17. The van der Waals surface area contributed by atoms with Crippen LogP contribution >= 0.6 is 0 Å². The summed E-state index contributed by atoms with van der Waals surface area (Å²) in [7, 11) is 0. The molecule has 0 saturated carbocycles. The topological polar surface area (TPSA) is 75.4 Å². The molecule has 2 amide bonds. The van der Waals surface area contributed by atoms with Gasteiger partial charge in [0.2, 0.25) is 11.8 Å². The summed E-state index contributed by atoms with van der Waals surface area (Å²) in [5, 5.41) is 2.65. The highest BCUT2D eigenvalue weighted by molar-refractivity contribution is 5.84. The fourth-order valence-electron chi connectivity index (χ4n) is 1.78. The van der Waals surface area contributed by atoms with Gasteiger partial charge in [0.25, 0.3) is 0 Å². The number of nitrogens with zero attached hydrogens (tertiary/aromatic N) is 1. The number of carbonyl (C=O) groups excluding carboxylic acids is 2. The normalized spacial score (nSPS) is 16.1. The van der Waals surface area contributed by atoms with Crippen molar-refractivity contribution in [2.45, 2.75) is 45.1 Å². The largest absolute Gasteiger partial charge is 0.347 e. The van der Waals surface area contributed by atoms with Crippen molar-refractivity contribution in [2.75, 3.05) is 19.6 Å². The summed E-state index contributed by atoms with van der Waals surface area (Å²) in [5.74, 6) is -0.0843. The summed E-state index contributed by atoms with van der Waals surface area (Å²) < 4.78 is 0. The molecule has 0 aromatic carbocycles. The first kappa shape index (κ1) is 14.0. The first-order valence-corrected chi connectivity index (χ1v) is 6.22. The highest BCUT2D eigenvalue weighted by atomic mass is 16.2. The minimum absolute atomic E-state index is 0.0165. The minimum Gasteiger partial charge on any atom is -0.347 e. The molecule has 0 aromatic heterocycles. The Morgan fingerprint density at radius 3 is 2.41 bits per heavy atom. The molecule has 17 heavy (non-hydrogen) atoms. The van der Waals surface area contributed by atoms with Crippen molar-refractivity contribution in [3.05, 3.63) is 0 Å². The fraction of sp³-hybridized carbons (Fsp3) is 0.833. The van der Waals surface area contributed by atoms with E-state index in [2.05, 4.69) is 5.32 Å². The number of amides is 2. The van der Waals surface area contributed by atoms with E-state index in [0.717, 1.165) is 25.9 Å². The Morgan fingerprint density at radius 2 is 1.88 bits per heavy atom. The molecule has 3 N–H and O–H groups in total. The molecule has 0 unspecified atom stereocenters. The van der Waals surface area contributed by atoms with E-state index in [1.165, 1.54) is 0 Å². The minimum atomic E-state index is -0.337. The van der Waals surface area contributed by atoms with Crippen LogP contribution in [-0.2, 0) is 9.59 Å². The van der Waals surface area contributed by atoms with Gasteiger partial charge in [-0.25, -0.2) is 0 Å². The van der Waals surface area contributed by atoms with Gasteiger partial charge in [-0.2, -0.15) is 0 Å². The molecule has 0 spiro atoms. The van der Waals surface area contributed by atoms with E-state index in [4.69, 9.17) is 5.73 Å². The number of rotatable bonds is 5. The van der Waals surface area contributed by atoms with Crippen molar-refractivity contribution in [3.63, 3.8) is 0 Å². The van der Waals surface area contributed by atoms with Gasteiger partial charge >= 0.3 is 0 Å². The maximum absolute atomic E-state index is 11.6. The summed E-state index contributed by atoms with van der Waals surface area (Å²) in [4.78, 5) is 24.9. The second kappa shape index (κ2) is 6.00. The molecule has 0 bridgehead atoms. The molecule has 1 aliphatic heterocycles. The third-order valence-corrected chi connectivity index (χ3v) is 2.89. The summed E-state index contributed by atoms with van der Waals surface area (Å²) in [6, 6.07) is 0. The summed E-state index contributed by atoms with van der Waals surface area (Å²) in [5.41, 5.74) is 5.45. The molecule has 0 aliphatic carbocycles. The summed E-state index contributed by atoms with van der Waals surface area (Å²) in [6.07, 6.45) is 3.13. The Labute approximate surface area is 103 Å². The van der Waals surface area contributed by atoms with Gasteiger partial charge in [0.05, 0.1) is 6.54 Å². The number of hydrogen-bond acceptors (Lipinski definition) is 3. The van der Waals surface area contributed by atoms with Crippen molar-refractivity contribution in [2.24, 2.45) is 5.73 Å². The van der Waals surface area contributed by atoms with E-state index in [1.807, 2.05) is 13.8 Å². The van der Waals surface area contributed by atoms with Crippen LogP contribution in [0.2, 0.25) is 0 Å². The van der Waals surface area contributed by atoms with Gasteiger partial charge in [-0.15, -0.1) is 0 Å². The Morgan fingerprint density at radius 1 is 1.29 bits per heavy atom. The lowest BCUT2D eigenvalue weighted by atomic mass is 10.00. The van der Waals surface area contributed by atoms with Gasteiger partial charge in [-0.05, 0) is 33.1 Å². The van der Waals surface area contributed by atoms with Crippen LogP contribution in [0.3, 0.4) is 0 Å². The second-order valence-corrected chi connectivity index (χ2v) is 5.35. The van der Waals surface area contributed by atoms with E-state index < -0.39 is 0 Å². The molecule has 1 rings (SSSR count). The van der Waals surface area contributed by atoms with E-state index >= 15 is 0 Å². The summed E-state index contributed by atoms with van der Waals surface area (Å²) >= 11 is 0. The lowest BCUT2D eigenvalue weighted by Gasteiger charge is -2.18. The van der Waals surface area contributed by atoms with Crippen molar-refractivity contribution in [3.8, 4) is 0 Å². The Kier molecular flexibility index (Phi) is 4.93. The SMILES string of the molecule is CC(C)(N)CCC(=O)NCC(=O)N1CCCC1. The molecule has 0 atom stereocenters. The van der Waals surface area contributed by atoms with Gasteiger partial charge in [-0.3, -0.25) is 9.59 Å². The highest BCUT2D eigenvalue weighted by Crippen LogP contribution is 2.08. The second-order valence-electron chi connectivity index (χ2n) is 5.35. The molecule has 5 nitrogen and oxygen atoms in total. The Hall–Kier alpha value is -1.10. The molecular formula is C12H23N3O2. The molecule has 5 heteroatoms. The van der Waals surface area contributed by atoms with Gasteiger partial charge in [-0.1, -0.05) is 0 Å². The van der Waals surface area contributed by atoms with Crippen LogP contribution < -0.4 is 11.1 Å². The maximum atomic E-state index is 11.6. The molecular weight excluding hydrogens is 218 g/mol. The van der Waals surface area contributed by atoms with Crippen LogP contribution in [0.1, 0.15) is 39.5 Å². The summed E-state index contributed by atoms with van der Waals surface area (Å²) in [6.45, 7) is 5.53. The molecule has 1 heterocycles. The van der Waals surface area contributed by atoms with Crippen LogP contribution in [0.25, 0.3) is 0 Å². The molecule has 0 aromatic rings. The van der Waals surface area contributed by atoms with Crippen LogP contribution in [0.5, 0.6) is 0 Å². The number of nitrogens with one attached hydrogen (secondary N) is 1. The van der Waals surface area contributed by atoms with E-state index in [0.29, 0.717) is 12.8 Å². The molecule has 1 aliphatic rings. The lowest BCUT2D eigenvalue weighted by Crippen LogP contribution is -2.40. The zero-order valence-electron chi connectivity index (χ0n) is 10.8. The lowest BCUT2D eigenvalue weighted by molar-refractivity contribution is -0.132. The van der Waals surface area contributed by atoms with Crippen LogP contribution in [0.4, 0.5) is 0 Å². The number of carbonyl (C=O) groups is 2. The van der Waals surface area contributed by atoms with Gasteiger partial charge < -0.3 is 16.0 Å². The number of nitrogens with two attached hydrogens (primary N) is 1. The smallest absolute Gasteiger partial charge is 0.241 e. The van der Waals surface area contributed by atoms with Crippen molar-refractivity contribution < 1.29 is 9.59 Å². The first-order valence-electron chi connectivity index (χ1n) is 6.22. The Bertz CT molecular complexity index is 278. The number of hydrogen-bond donors (Lipinski definition) is 2. The number of likely N-dealkylation sites (tertiary alicyclic amines) is 1. The van der Waals surface area contributed by atoms with Gasteiger partial charge in [0.1, 0.15) is 0 Å². The maximum Gasteiger partial charge on any atom is 0.241 e. The molecule has 0 radical (unpaired) electrons. The van der Waals surface area contributed by atoms with Crippen LogP contribution in [0.15, 0.2) is 0 Å². The monoisotopic (exact) mass is 241 g/mol. The molecule has 98 valence electrons. The standard InChI is InChI=1S/C12H23N3O2/c1-12(2,13)6-5-10(16)14-9-11(17)15-7-3-4-8-15/h3-9,13H2,1-2H3,(H,14,16). The predicted octanol–water partition coefficient (Wildman–Crippen LogP) is 0.243. The average Bonchev–Trinajstić information content (AvgIpc) is 2.75. The molecule has 1 saturated heterocycles. The van der Waals surface area contributed by atoms with Gasteiger partial charge in [0, 0.05) is 25.0 Å². The quantitative estimate of drug-likeness (QED) is 0.724. The predicted molar refractivity (Wildman–Crippen MR) is 66.3 cm³/mol. The van der Waals surface area contributed by atoms with E-state index in [-0.39, 0.29) is 23.9 Å². The van der Waals surface area contributed by atoms with Crippen molar-refractivity contribution >= 4 is 11.8 Å². The van der Waals surface area contributed by atoms with Crippen LogP contribution in [0, 0.1) is 0 Å². The zero-order valence-corrected chi connectivity index (χ0v) is 10.8.